The van der Waals surface area contributed by atoms with Crippen molar-refractivity contribution in [1.82, 2.24) is 14.1 Å². The number of imidazole rings is 1. The minimum Gasteiger partial charge on any atom is -0.478 e. The normalized spacial score (nSPS) is 11.2. The van der Waals surface area contributed by atoms with E-state index in [1.165, 1.54) is 0 Å². The highest BCUT2D eigenvalue weighted by Crippen LogP contribution is 2.29. The van der Waals surface area contributed by atoms with Gasteiger partial charge >= 0.3 is 5.97 Å². The largest absolute Gasteiger partial charge is 0.478 e. The summed E-state index contributed by atoms with van der Waals surface area (Å²) in [6, 6.07) is 28.3. The van der Waals surface area contributed by atoms with Crippen molar-refractivity contribution in [3.8, 4) is 5.69 Å². The molecular weight excluding hydrogens is 500 g/mol. The maximum absolute atomic E-state index is 13.2. The Morgan fingerprint density at radius 3 is 2.45 bits per heavy atom. The first kappa shape index (κ1) is 25.1. The van der Waals surface area contributed by atoms with Crippen molar-refractivity contribution in [3.05, 3.63) is 125 Å². The number of carboxylic acid groups (broad SMARTS) is 1. The lowest BCUT2D eigenvalue weighted by Gasteiger charge is -2.13. The van der Waals surface area contributed by atoms with Crippen LogP contribution in [0.4, 0.5) is 5.69 Å². The number of carboxylic acids is 1. The molecule has 40 heavy (non-hydrogen) atoms. The molecular formula is C33H28N4O3. The number of anilines is 1. The summed E-state index contributed by atoms with van der Waals surface area (Å²) in [6.07, 6.45) is 2.65. The zero-order chi connectivity index (χ0) is 27.8. The first-order chi connectivity index (χ1) is 19.4. The molecule has 0 unspecified atom stereocenters. The van der Waals surface area contributed by atoms with E-state index in [0.717, 1.165) is 51.0 Å². The Bertz CT molecular complexity index is 1900. The standard InChI is InChI=1S/C33H28N4O3/c1-3-30-35-31-21(2)18-23(32(38)34-24-11-5-4-6-12-24)19-29(31)37(30)20-22-10-9-15-27-25(22)16-17-36(27)28-14-8-7-13-26(28)33(39)40/h4-19H,3,20H2,1-2H3,(H,34,38)(H,39,40). The number of benzene rings is 4. The molecule has 2 N–H and O–H groups in total. The molecule has 6 aromatic rings. The Hall–Kier alpha value is -5.17. The Kier molecular flexibility index (Phi) is 6.40. The third-order valence-electron chi connectivity index (χ3n) is 7.28. The molecule has 198 valence electrons. The number of aromatic carboxylic acids is 1. The summed E-state index contributed by atoms with van der Waals surface area (Å²) in [6.45, 7) is 4.62. The highest BCUT2D eigenvalue weighted by atomic mass is 16.4. The zero-order valence-corrected chi connectivity index (χ0v) is 22.3. The Morgan fingerprint density at radius 2 is 1.68 bits per heavy atom. The van der Waals surface area contributed by atoms with Crippen LogP contribution < -0.4 is 5.32 Å². The fraction of sp³-hybridized carbons (Fsp3) is 0.121. The average molecular weight is 529 g/mol. The van der Waals surface area contributed by atoms with Crippen LogP contribution in [-0.4, -0.2) is 31.1 Å². The van der Waals surface area contributed by atoms with Crippen molar-refractivity contribution >= 4 is 39.5 Å². The summed E-state index contributed by atoms with van der Waals surface area (Å²) >= 11 is 0. The minimum absolute atomic E-state index is 0.168. The van der Waals surface area contributed by atoms with Gasteiger partial charge in [-0.15, -0.1) is 0 Å². The van der Waals surface area contributed by atoms with Gasteiger partial charge < -0.3 is 19.6 Å². The molecule has 0 aliphatic heterocycles. The number of carbonyl (C=O) groups is 2. The molecule has 0 saturated carbocycles. The number of rotatable bonds is 7. The van der Waals surface area contributed by atoms with E-state index in [2.05, 4.69) is 22.9 Å². The molecule has 0 saturated heterocycles. The fourth-order valence-corrected chi connectivity index (χ4v) is 5.36. The highest BCUT2D eigenvalue weighted by molar-refractivity contribution is 6.06. The fourth-order valence-electron chi connectivity index (χ4n) is 5.36. The van der Waals surface area contributed by atoms with E-state index in [0.29, 0.717) is 17.8 Å². The molecule has 0 atom stereocenters. The monoisotopic (exact) mass is 528 g/mol. The SMILES string of the molecule is CCc1nc2c(C)cc(C(=O)Nc3ccccc3)cc2n1Cc1cccc2c1ccn2-c1ccccc1C(=O)O. The van der Waals surface area contributed by atoms with Gasteiger partial charge in [-0.3, -0.25) is 4.79 Å². The lowest BCUT2D eigenvalue weighted by molar-refractivity contribution is 0.0696. The molecule has 0 fully saturated rings. The van der Waals surface area contributed by atoms with Crippen LogP contribution in [0.15, 0.2) is 97.2 Å². The van der Waals surface area contributed by atoms with Gasteiger partial charge in [0, 0.05) is 29.3 Å². The van der Waals surface area contributed by atoms with Gasteiger partial charge in [0.25, 0.3) is 5.91 Å². The summed E-state index contributed by atoms with van der Waals surface area (Å²) < 4.78 is 4.10. The first-order valence-electron chi connectivity index (χ1n) is 13.2. The Morgan fingerprint density at radius 1 is 0.900 bits per heavy atom. The topological polar surface area (TPSA) is 89.2 Å². The maximum Gasteiger partial charge on any atom is 0.337 e. The highest BCUT2D eigenvalue weighted by Gasteiger charge is 2.18. The maximum atomic E-state index is 13.2. The second-order valence-electron chi connectivity index (χ2n) is 9.81. The summed E-state index contributed by atoms with van der Waals surface area (Å²) in [5.74, 6) is -0.196. The van der Waals surface area contributed by atoms with Gasteiger partial charge in [-0.2, -0.15) is 0 Å². The minimum atomic E-state index is -0.964. The van der Waals surface area contributed by atoms with E-state index >= 15 is 0 Å². The number of hydrogen-bond donors (Lipinski definition) is 2. The molecule has 4 aromatic carbocycles. The molecule has 1 amide bonds. The summed E-state index contributed by atoms with van der Waals surface area (Å²) in [4.78, 5) is 30.0. The second-order valence-corrected chi connectivity index (χ2v) is 9.81. The van der Waals surface area contributed by atoms with Gasteiger partial charge in [-0.05, 0) is 66.6 Å². The molecule has 7 nitrogen and oxygen atoms in total. The van der Waals surface area contributed by atoms with E-state index in [4.69, 9.17) is 4.98 Å². The van der Waals surface area contributed by atoms with Crippen molar-refractivity contribution < 1.29 is 14.7 Å². The molecule has 6 rings (SSSR count). The first-order valence-corrected chi connectivity index (χ1v) is 13.2. The Balaban J connectivity index is 1.43. The van der Waals surface area contributed by atoms with E-state index < -0.39 is 5.97 Å². The van der Waals surface area contributed by atoms with Crippen molar-refractivity contribution in [2.75, 3.05) is 5.32 Å². The van der Waals surface area contributed by atoms with E-state index in [9.17, 15) is 14.7 Å². The predicted molar refractivity (Wildman–Crippen MR) is 158 cm³/mol. The van der Waals surface area contributed by atoms with E-state index in [1.54, 1.807) is 12.1 Å². The molecule has 2 heterocycles. The lowest BCUT2D eigenvalue weighted by atomic mass is 10.1. The van der Waals surface area contributed by atoms with Crippen LogP contribution in [0.3, 0.4) is 0 Å². The van der Waals surface area contributed by atoms with Gasteiger partial charge in [0.1, 0.15) is 5.82 Å². The number of para-hydroxylation sites is 2. The molecule has 0 spiro atoms. The van der Waals surface area contributed by atoms with Crippen LogP contribution in [0.1, 0.15) is 44.6 Å². The molecule has 0 radical (unpaired) electrons. The van der Waals surface area contributed by atoms with Crippen LogP contribution in [0.25, 0.3) is 27.6 Å². The van der Waals surface area contributed by atoms with Crippen molar-refractivity contribution in [3.63, 3.8) is 0 Å². The Labute approximate surface area is 231 Å². The number of aryl methyl sites for hydroxylation is 2. The lowest BCUT2D eigenvalue weighted by Crippen LogP contribution is -2.12. The number of amides is 1. The van der Waals surface area contributed by atoms with Gasteiger partial charge in [-0.1, -0.05) is 49.4 Å². The molecule has 0 bridgehead atoms. The van der Waals surface area contributed by atoms with Crippen molar-refractivity contribution in [2.24, 2.45) is 0 Å². The van der Waals surface area contributed by atoms with Crippen LogP contribution in [0, 0.1) is 6.92 Å². The van der Waals surface area contributed by atoms with Crippen LogP contribution in [-0.2, 0) is 13.0 Å². The summed E-state index contributed by atoms with van der Waals surface area (Å²) in [5.41, 5.74) is 6.92. The average Bonchev–Trinajstić information content (AvgIpc) is 3.56. The van der Waals surface area contributed by atoms with Crippen molar-refractivity contribution in [2.45, 2.75) is 26.8 Å². The van der Waals surface area contributed by atoms with E-state index in [-0.39, 0.29) is 11.5 Å². The number of aromatic nitrogens is 3. The van der Waals surface area contributed by atoms with Gasteiger partial charge in [0.05, 0.1) is 34.3 Å². The number of nitrogens with one attached hydrogen (secondary N) is 1. The second kappa shape index (κ2) is 10.2. The van der Waals surface area contributed by atoms with Crippen LogP contribution >= 0.6 is 0 Å². The smallest absolute Gasteiger partial charge is 0.337 e. The predicted octanol–water partition coefficient (Wildman–Crippen LogP) is 6.85. The summed E-state index contributed by atoms with van der Waals surface area (Å²) in [7, 11) is 0. The summed E-state index contributed by atoms with van der Waals surface area (Å²) in [5, 5.41) is 13.7. The number of nitrogens with zero attached hydrogens (tertiary/aromatic N) is 3. The quantitative estimate of drug-likeness (QED) is 0.237. The number of fused-ring (bicyclic) bond motifs is 2. The molecule has 0 aliphatic carbocycles. The third-order valence-corrected chi connectivity index (χ3v) is 7.28. The number of carbonyl (C=O) groups excluding carboxylic acids is 1. The number of hydrogen-bond acceptors (Lipinski definition) is 3. The molecule has 2 aromatic heterocycles. The molecule has 7 heteroatoms. The zero-order valence-electron chi connectivity index (χ0n) is 22.3. The van der Waals surface area contributed by atoms with Gasteiger partial charge in [0.2, 0.25) is 0 Å². The van der Waals surface area contributed by atoms with Crippen LogP contribution in [0.2, 0.25) is 0 Å². The third kappa shape index (κ3) is 4.41. The van der Waals surface area contributed by atoms with Crippen LogP contribution in [0.5, 0.6) is 0 Å². The van der Waals surface area contributed by atoms with Gasteiger partial charge in [-0.25, -0.2) is 9.78 Å². The van der Waals surface area contributed by atoms with E-state index in [1.807, 2.05) is 90.5 Å². The van der Waals surface area contributed by atoms with Crippen molar-refractivity contribution in [1.29, 1.82) is 0 Å². The molecule has 0 aliphatic rings. The van der Waals surface area contributed by atoms with Gasteiger partial charge in [0.15, 0.2) is 0 Å².